The van der Waals surface area contributed by atoms with Gasteiger partial charge in [-0.15, -0.1) is 0 Å². The van der Waals surface area contributed by atoms with Crippen molar-refractivity contribution in [2.24, 2.45) is 0 Å². The Bertz CT molecular complexity index is 675. The molecule has 2 bridgehead atoms. The number of aliphatic hydroxyl groups excluding tert-OH is 2. The monoisotopic (exact) mass is 278 g/mol. The maximum Gasteiger partial charge on any atom is 0.166 e. The van der Waals surface area contributed by atoms with Crippen LogP contribution >= 0.6 is 0 Å². The van der Waals surface area contributed by atoms with E-state index in [0.717, 1.165) is 0 Å². The predicted octanol–water partition coefficient (Wildman–Crippen LogP) is -0.967. The number of pyridine rings is 1. The smallest absolute Gasteiger partial charge is 0.166 e. The van der Waals surface area contributed by atoms with Gasteiger partial charge in [0.25, 0.3) is 0 Å². The quantitative estimate of drug-likeness (QED) is 0.647. The average molecular weight is 278 g/mol. The highest BCUT2D eigenvalue weighted by molar-refractivity contribution is 5.83. The third-order valence-electron chi connectivity index (χ3n) is 4.04. The van der Waals surface area contributed by atoms with E-state index in [-0.39, 0.29) is 13.2 Å². The van der Waals surface area contributed by atoms with Crippen LogP contribution in [0.25, 0.3) is 11.2 Å². The Labute approximate surface area is 113 Å². The lowest BCUT2D eigenvalue weighted by atomic mass is 10.0. The van der Waals surface area contributed by atoms with E-state index in [1.165, 1.54) is 0 Å². The highest BCUT2D eigenvalue weighted by Gasteiger charge is 2.61. The molecule has 8 nitrogen and oxygen atoms in total. The summed E-state index contributed by atoms with van der Waals surface area (Å²) < 4.78 is 13.0. The van der Waals surface area contributed by atoms with Crippen LogP contribution in [0, 0.1) is 0 Å². The number of aliphatic hydroxyl groups is 2. The molecule has 1 unspecified atom stereocenters. The number of imidazole rings is 1. The van der Waals surface area contributed by atoms with Crippen molar-refractivity contribution in [2.45, 2.75) is 24.0 Å². The van der Waals surface area contributed by atoms with Crippen molar-refractivity contribution in [1.82, 2.24) is 14.5 Å². The summed E-state index contributed by atoms with van der Waals surface area (Å²) in [4.78, 5) is 8.46. The van der Waals surface area contributed by atoms with Crippen molar-refractivity contribution in [3.63, 3.8) is 0 Å². The molecule has 0 aromatic carbocycles. The first-order valence-electron chi connectivity index (χ1n) is 6.32. The molecular formula is C12H14N4O4. The molecule has 2 saturated heterocycles. The zero-order valence-corrected chi connectivity index (χ0v) is 10.5. The Morgan fingerprint density at radius 1 is 1.50 bits per heavy atom. The summed E-state index contributed by atoms with van der Waals surface area (Å²) >= 11 is 0. The minimum atomic E-state index is -1.06. The molecule has 20 heavy (non-hydrogen) atoms. The summed E-state index contributed by atoms with van der Waals surface area (Å²) in [6.07, 6.45) is 1.13. The third kappa shape index (κ3) is 1.33. The van der Waals surface area contributed by atoms with Gasteiger partial charge in [-0.25, -0.2) is 9.97 Å². The summed E-state index contributed by atoms with van der Waals surface area (Å²) in [5.74, 6) is 0. The van der Waals surface area contributed by atoms with Crippen LogP contribution in [-0.4, -0.2) is 55.8 Å². The maximum absolute atomic E-state index is 10.2. The number of ether oxygens (including phenoxy) is 2. The average Bonchev–Trinajstić information content (AvgIpc) is 3.10. The van der Waals surface area contributed by atoms with E-state index in [1.807, 2.05) is 0 Å². The highest BCUT2D eigenvalue weighted by atomic mass is 16.7. The Morgan fingerprint density at radius 3 is 3.10 bits per heavy atom. The lowest BCUT2D eigenvalue weighted by Gasteiger charge is -2.29. The minimum Gasteiger partial charge on any atom is -0.397 e. The molecule has 4 atom stereocenters. The van der Waals surface area contributed by atoms with Crippen LogP contribution in [0.3, 0.4) is 0 Å². The molecule has 8 heteroatoms. The van der Waals surface area contributed by atoms with E-state index in [0.29, 0.717) is 16.9 Å². The third-order valence-corrected chi connectivity index (χ3v) is 4.04. The second-order valence-electron chi connectivity index (χ2n) is 5.18. The second-order valence-corrected chi connectivity index (χ2v) is 5.18. The molecule has 4 rings (SSSR count). The molecular weight excluding hydrogens is 264 g/mol. The van der Waals surface area contributed by atoms with Gasteiger partial charge in [-0.1, -0.05) is 0 Å². The van der Waals surface area contributed by atoms with Crippen LogP contribution in [0.15, 0.2) is 18.6 Å². The molecule has 2 aliphatic heterocycles. The molecule has 106 valence electrons. The van der Waals surface area contributed by atoms with E-state index in [9.17, 15) is 10.2 Å². The number of nitrogens with two attached hydrogens (primary N) is 1. The van der Waals surface area contributed by atoms with Crippen LogP contribution in [-0.2, 0) is 9.47 Å². The Hall–Kier alpha value is -1.74. The van der Waals surface area contributed by atoms with Gasteiger partial charge in [0.2, 0.25) is 0 Å². The molecule has 0 saturated carbocycles. The van der Waals surface area contributed by atoms with Crippen molar-refractivity contribution in [1.29, 1.82) is 0 Å². The normalized spacial score (nSPS) is 36.0. The first-order chi connectivity index (χ1) is 9.66. The Morgan fingerprint density at radius 2 is 2.35 bits per heavy atom. The first kappa shape index (κ1) is 12.0. The SMILES string of the molecule is Nc1ccnc2c1ncn2[C@@H]1O[C@@]2(CO)COC1[C@@H]2O. The number of anilines is 1. The van der Waals surface area contributed by atoms with E-state index in [1.54, 1.807) is 23.2 Å². The van der Waals surface area contributed by atoms with E-state index >= 15 is 0 Å². The Kier molecular flexibility index (Phi) is 2.34. The zero-order valence-electron chi connectivity index (χ0n) is 10.5. The van der Waals surface area contributed by atoms with Gasteiger partial charge >= 0.3 is 0 Å². The van der Waals surface area contributed by atoms with Crippen LogP contribution in [0.4, 0.5) is 5.69 Å². The molecule has 0 aliphatic carbocycles. The van der Waals surface area contributed by atoms with Crippen LogP contribution in [0.1, 0.15) is 6.23 Å². The predicted molar refractivity (Wildman–Crippen MR) is 67.6 cm³/mol. The molecule has 0 amide bonds. The summed E-state index contributed by atoms with van der Waals surface area (Å²) in [5, 5.41) is 19.6. The summed E-state index contributed by atoms with van der Waals surface area (Å²) in [6.45, 7) is -0.128. The minimum absolute atomic E-state index is 0.175. The van der Waals surface area contributed by atoms with Gasteiger partial charge < -0.3 is 25.4 Å². The van der Waals surface area contributed by atoms with Crippen LogP contribution in [0.2, 0.25) is 0 Å². The van der Waals surface area contributed by atoms with E-state index in [2.05, 4.69) is 9.97 Å². The van der Waals surface area contributed by atoms with Gasteiger partial charge in [-0.2, -0.15) is 0 Å². The molecule has 2 fully saturated rings. The summed E-state index contributed by atoms with van der Waals surface area (Å²) in [7, 11) is 0. The fourth-order valence-corrected chi connectivity index (χ4v) is 2.89. The number of nitrogens with zero attached hydrogens (tertiary/aromatic N) is 3. The van der Waals surface area contributed by atoms with E-state index in [4.69, 9.17) is 15.2 Å². The number of hydrogen-bond donors (Lipinski definition) is 3. The largest absolute Gasteiger partial charge is 0.397 e. The van der Waals surface area contributed by atoms with E-state index < -0.39 is 24.0 Å². The van der Waals surface area contributed by atoms with Gasteiger partial charge in [-0.3, -0.25) is 4.57 Å². The fourth-order valence-electron chi connectivity index (χ4n) is 2.89. The topological polar surface area (TPSA) is 116 Å². The lowest BCUT2D eigenvalue weighted by Crippen LogP contribution is -2.44. The van der Waals surface area contributed by atoms with Crippen molar-refractivity contribution in [3.05, 3.63) is 18.6 Å². The molecule has 4 N–H and O–H groups in total. The number of fused-ring (bicyclic) bond motifs is 3. The standard InChI is InChI=1S/C12H14N4O4/c13-6-1-2-14-10-7(6)15-5-16(10)11-8-9(18)12(3-17,20-11)4-19-8/h1-2,5,8-9,11,17-18H,3-4H2,(H2,13,14)/t8?,9-,11+,12-/m0/s1. The number of nitrogen functional groups attached to an aromatic ring is 1. The zero-order chi connectivity index (χ0) is 13.9. The molecule has 2 aromatic rings. The lowest BCUT2D eigenvalue weighted by molar-refractivity contribution is -0.185. The molecule has 0 radical (unpaired) electrons. The molecule has 0 spiro atoms. The van der Waals surface area contributed by atoms with Crippen molar-refractivity contribution in [2.75, 3.05) is 18.9 Å². The van der Waals surface area contributed by atoms with Gasteiger partial charge in [0, 0.05) is 6.20 Å². The van der Waals surface area contributed by atoms with Crippen LogP contribution in [0.5, 0.6) is 0 Å². The maximum atomic E-state index is 10.2. The number of rotatable bonds is 2. The van der Waals surface area contributed by atoms with Crippen molar-refractivity contribution >= 4 is 16.9 Å². The molecule has 2 aromatic heterocycles. The van der Waals surface area contributed by atoms with Gasteiger partial charge in [0.15, 0.2) is 11.9 Å². The first-order valence-corrected chi connectivity index (χ1v) is 6.32. The number of hydrogen-bond acceptors (Lipinski definition) is 7. The Balaban J connectivity index is 1.80. The van der Waals surface area contributed by atoms with Crippen LogP contribution < -0.4 is 5.73 Å². The van der Waals surface area contributed by atoms with Gasteiger partial charge in [0.05, 0.1) is 25.2 Å². The second kappa shape index (κ2) is 3.89. The van der Waals surface area contributed by atoms with Gasteiger partial charge in [0.1, 0.15) is 23.3 Å². The fraction of sp³-hybridized carbons (Fsp3) is 0.500. The van der Waals surface area contributed by atoms with Crippen molar-refractivity contribution < 1.29 is 19.7 Å². The summed E-state index contributed by atoms with van der Waals surface area (Å²) in [6, 6.07) is 1.67. The summed E-state index contributed by atoms with van der Waals surface area (Å²) in [5.41, 5.74) is 6.44. The number of aromatic nitrogens is 3. The molecule has 4 heterocycles. The highest BCUT2D eigenvalue weighted by Crippen LogP contribution is 2.45. The van der Waals surface area contributed by atoms with Gasteiger partial charge in [-0.05, 0) is 6.07 Å². The molecule has 2 aliphatic rings. The van der Waals surface area contributed by atoms with Crippen molar-refractivity contribution in [3.8, 4) is 0 Å².